The van der Waals surface area contributed by atoms with E-state index in [1.54, 1.807) is 18.2 Å². The topological polar surface area (TPSA) is 54.4 Å². The summed E-state index contributed by atoms with van der Waals surface area (Å²) in [6.45, 7) is 3.14. The van der Waals surface area contributed by atoms with Gasteiger partial charge in [-0.15, -0.1) is 0 Å². The van der Waals surface area contributed by atoms with E-state index in [2.05, 4.69) is 14.8 Å². The highest BCUT2D eigenvalue weighted by Crippen LogP contribution is 2.39. The van der Waals surface area contributed by atoms with Crippen molar-refractivity contribution in [1.82, 2.24) is 9.80 Å². The van der Waals surface area contributed by atoms with Gasteiger partial charge in [0.25, 0.3) is 5.91 Å². The van der Waals surface area contributed by atoms with Crippen molar-refractivity contribution in [3.63, 3.8) is 0 Å². The Labute approximate surface area is 264 Å². The number of nitrogens with zero attached hydrogens (tertiary/aromatic N) is 3. The Bertz CT molecular complexity index is 1620. The van der Waals surface area contributed by atoms with E-state index >= 15 is 0 Å². The van der Waals surface area contributed by atoms with Gasteiger partial charge in [0.15, 0.2) is 16.7 Å². The van der Waals surface area contributed by atoms with Crippen LogP contribution in [0.2, 0.25) is 5.02 Å². The van der Waals surface area contributed by atoms with E-state index in [-0.39, 0.29) is 23.5 Å². The van der Waals surface area contributed by atoms with Crippen LogP contribution >= 0.6 is 23.4 Å². The van der Waals surface area contributed by atoms with Crippen LogP contribution in [0.1, 0.15) is 27.8 Å². The number of rotatable bonds is 7. The molecule has 0 aliphatic carbocycles. The summed E-state index contributed by atoms with van der Waals surface area (Å²) in [5.74, 6) is -0.149. The molecule has 1 fully saturated rings. The van der Waals surface area contributed by atoms with Gasteiger partial charge in [-0.1, -0.05) is 35.9 Å². The van der Waals surface area contributed by atoms with Crippen molar-refractivity contribution in [2.75, 3.05) is 33.3 Å². The number of hydrogen-bond acceptors (Lipinski definition) is 6. The van der Waals surface area contributed by atoms with Crippen LogP contribution in [0.5, 0.6) is 11.5 Å². The van der Waals surface area contributed by atoms with E-state index in [9.17, 15) is 31.1 Å². The Kier molecular flexibility index (Phi) is 9.71. The molecule has 1 saturated heterocycles. The van der Waals surface area contributed by atoms with E-state index in [4.69, 9.17) is 21.1 Å². The summed E-state index contributed by atoms with van der Waals surface area (Å²) in [4.78, 5) is 21.7. The molecule has 0 aromatic heterocycles. The Morgan fingerprint density at radius 2 is 1.62 bits per heavy atom. The van der Waals surface area contributed by atoms with Crippen LogP contribution in [0.25, 0.3) is 6.08 Å². The molecule has 0 unspecified atom stereocenters. The lowest BCUT2D eigenvalue weighted by atomic mass is 10.0. The summed E-state index contributed by atoms with van der Waals surface area (Å²) in [5, 5.41) is 1.30. The number of piperazine rings is 1. The predicted molar refractivity (Wildman–Crippen MR) is 160 cm³/mol. The third-order valence-corrected chi connectivity index (χ3v) is 8.48. The first-order valence-electron chi connectivity index (χ1n) is 13.6. The van der Waals surface area contributed by atoms with Crippen LogP contribution in [-0.4, -0.2) is 54.2 Å². The number of methoxy groups -OCH3 is 1. The Balaban J connectivity index is 1.21. The number of ether oxygens (including phenoxy) is 2. The van der Waals surface area contributed by atoms with Gasteiger partial charge in [0.05, 0.1) is 23.1 Å². The summed E-state index contributed by atoms with van der Waals surface area (Å²) in [7, 11) is 1.33. The van der Waals surface area contributed by atoms with E-state index in [1.807, 2.05) is 24.3 Å². The zero-order valence-corrected chi connectivity index (χ0v) is 25.3. The molecule has 0 bridgehead atoms. The molecular formula is C31H26ClF6N3O3S. The normalized spacial score (nSPS) is 17.2. The Hall–Kier alpha value is -3.68. The smallest absolute Gasteiger partial charge is 0.416 e. The maximum atomic E-state index is 13.5. The van der Waals surface area contributed by atoms with E-state index < -0.39 is 35.6 Å². The number of carbonyl (C=O) groups is 1. The van der Waals surface area contributed by atoms with Gasteiger partial charge in [0.2, 0.25) is 0 Å². The van der Waals surface area contributed by atoms with Crippen molar-refractivity contribution in [3.8, 4) is 11.5 Å². The van der Waals surface area contributed by atoms with Gasteiger partial charge < -0.3 is 14.4 Å². The highest BCUT2D eigenvalue weighted by atomic mass is 35.5. The number of amides is 1. The molecule has 5 rings (SSSR count). The fourth-order valence-corrected chi connectivity index (χ4v) is 5.91. The van der Waals surface area contributed by atoms with Gasteiger partial charge >= 0.3 is 12.4 Å². The number of benzene rings is 3. The van der Waals surface area contributed by atoms with Gasteiger partial charge in [-0.2, -0.15) is 31.3 Å². The lowest BCUT2D eigenvalue weighted by Crippen LogP contribution is -2.47. The zero-order valence-electron chi connectivity index (χ0n) is 23.7. The molecule has 0 saturated carbocycles. The molecule has 1 amide bonds. The first-order valence-corrected chi connectivity index (χ1v) is 14.8. The molecule has 6 nitrogen and oxygen atoms in total. The highest BCUT2D eigenvalue weighted by molar-refractivity contribution is 8.18. The molecule has 14 heteroatoms. The minimum absolute atomic E-state index is 0.0686. The van der Waals surface area contributed by atoms with Gasteiger partial charge in [-0.05, 0) is 65.4 Å². The van der Waals surface area contributed by atoms with Crippen LogP contribution in [0.3, 0.4) is 0 Å². The van der Waals surface area contributed by atoms with Crippen molar-refractivity contribution >= 4 is 40.5 Å². The van der Waals surface area contributed by atoms with E-state index in [1.165, 1.54) is 30.5 Å². The fraction of sp³-hybridized carbons (Fsp3) is 0.290. The average Bonchev–Trinajstić information content (AvgIpc) is 3.36. The molecule has 0 N–H and O–H groups in total. The zero-order chi connectivity index (χ0) is 32.4. The number of hydrogen-bond donors (Lipinski definition) is 0. The number of thioether (sulfide) groups is 1. The molecular weight excluding hydrogens is 644 g/mol. The van der Waals surface area contributed by atoms with Gasteiger partial charge in [0, 0.05) is 43.3 Å². The SMILES string of the molecule is COc1cc(/C=C2\SC(N3CCN(Cc4ccc(Cl)cc4)CC3)=NC2=O)ccc1OCc1ccc(C(F)(F)F)cc1C(F)(F)F. The number of carbonyl (C=O) groups excluding carboxylic acids is 1. The first-order chi connectivity index (χ1) is 21.3. The Morgan fingerprint density at radius 1 is 0.911 bits per heavy atom. The van der Waals surface area contributed by atoms with Crippen molar-refractivity contribution < 1.29 is 40.6 Å². The van der Waals surface area contributed by atoms with E-state index in [0.29, 0.717) is 39.8 Å². The van der Waals surface area contributed by atoms with Crippen LogP contribution in [0.15, 0.2) is 70.6 Å². The predicted octanol–water partition coefficient (Wildman–Crippen LogP) is 7.75. The van der Waals surface area contributed by atoms with Gasteiger partial charge in [0.1, 0.15) is 6.61 Å². The maximum Gasteiger partial charge on any atom is 0.416 e. The molecule has 2 heterocycles. The first kappa shape index (κ1) is 32.7. The molecule has 0 radical (unpaired) electrons. The fourth-order valence-electron chi connectivity index (χ4n) is 4.82. The quantitative estimate of drug-likeness (QED) is 0.189. The highest BCUT2D eigenvalue weighted by Gasteiger charge is 2.38. The van der Waals surface area contributed by atoms with Crippen LogP contribution in [0.4, 0.5) is 26.3 Å². The number of halogens is 7. The second-order valence-electron chi connectivity index (χ2n) is 10.3. The minimum Gasteiger partial charge on any atom is -0.493 e. The molecule has 2 aliphatic rings. The monoisotopic (exact) mass is 669 g/mol. The summed E-state index contributed by atoms with van der Waals surface area (Å²) >= 11 is 7.23. The molecule has 45 heavy (non-hydrogen) atoms. The van der Waals surface area contributed by atoms with Crippen molar-refractivity contribution in [2.45, 2.75) is 25.5 Å². The lowest BCUT2D eigenvalue weighted by Gasteiger charge is -2.35. The van der Waals surface area contributed by atoms with Crippen molar-refractivity contribution in [1.29, 1.82) is 0 Å². The van der Waals surface area contributed by atoms with Gasteiger partial charge in [-0.25, -0.2) is 0 Å². The molecule has 0 atom stereocenters. The summed E-state index contributed by atoms with van der Waals surface area (Å²) in [6, 6.07) is 13.7. The van der Waals surface area contributed by atoms with Crippen LogP contribution in [0, 0.1) is 0 Å². The maximum absolute atomic E-state index is 13.5. The van der Waals surface area contributed by atoms with Crippen LogP contribution in [-0.2, 0) is 30.3 Å². The second-order valence-corrected chi connectivity index (χ2v) is 11.7. The van der Waals surface area contributed by atoms with Crippen molar-refractivity contribution in [2.24, 2.45) is 4.99 Å². The molecule has 238 valence electrons. The second kappa shape index (κ2) is 13.4. The summed E-state index contributed by atoms with van der Waals surface area (Å²) in [6.07, 6.45) is -8.31. The van der Waals surface area contributed by atoms with Gasteiger partial charge in [-0.3, -0.25) is 9.69 Å². The number of alkyl halides is 6. The summed E-state index contributed by atoms with van der Waals surface area (Å²) < 4.78 is 90.4. The third-order valence-electron chi connectivity index (χ3n) is 7.18. The summed E-state index contributed by atoms with van der Waals surface area (Å²) in [5.41, 5.74) is -1.58. The van der Waals surface area contributed by atoms with Crippen molar-refractivity contribution in [3.05, 3.63) is 98.4 Å². The van der Waals surface area contributed by atoms with Crippen LogP contribution < -0.4 is 9.47 Å². The van der Waals surface area contributed by atoms with E-state index in [0.717, 1.165) is 25.7 Å². The number of amidine groups is 1. The third kappa shape index (κ3) is 8.13. The molecule has 3 aromatic carbocycles. The number of aliphatic imine (C=N–C) groups is 1. The molecule has 3 aromatic rings. The standard InChI is InChI=1S/C31H26ClF6N3O3S/c1-43-26-14-20(4-9-25(26)44-18-21-5-6-22(30(33,34)35)16-24(21)31(36,37)38)15-27-28(42)39-29(45-27)41-12-10-40(11-13-41)17-19-2-7-23(32)8-3-19/h2-9,14-16H,10-13,17-18H2,1H3/b27-15-. The Morgan fingerprint density at radius 3 is 2.27 bits per heavy atom. The molecule has 2 aliphatic heterocycles. The minimum atomic E-state index is -5.02. The average molecular weight is 670 g/mol. The lowest BCUT2D eigenvalue weighted by molar-refractivity contribution is -0.143. The largest absolute Gasteiger partial charge is 0.493 e. The molecule has 0 spiro atoms.